The van der Waals surface area contributed by atoms with E-state index in [1.807, 2.05) is 10.6 Å². The van der Waals surface area contributed by atoms with Gasteiger partial charge in [0.2, 0.25) is 136 Å². The van der Waals surface area contributed by atoms with Crippen LogP contribution in [-0.4, -0.2) is 349 Å². The normalized spacial score (nSPS) is 11.3. The average molecular weight is 1510 g/mol. The second-order valence-electron chi connectivity index (χ2n) is 20.3. The quantitative estimate of drug-likeness (QED) is 0.0269. The van der Waals surface area contributed by atoms with Crippen LogP contribution in [-0.2, 0) is 115 Å². The van der Waals surface area contributed by atoms with Crippen LogP contribution in [0.1, 0.15) is 0 Å². The number of amides is 23. The van der Waals surface area contributed by atoms with Crippen LogP contribution >= 0.6 is 0 Å². The fourth-order valence-corrected chi connectivity index (χ4v) is 6.55. The van der Waals surface area contributed by atoms with Gasteiger partial charge in [-0.1, -0.05) is 0 Å². The fraction of sp³-hybridized carbons (Fsp3) is 0.538. The van der Waals surface area contributed by atoms with E-state index < -0.39 is 317 Å². The molecule has 584 valence electrons. The van der Waals surface area contributed by atoms with Crippen molar-refractivity contribution in [3.8, 4) is 0 Å². The van der Waals surface area contributed by atoms with Gasteiger partial charge in [0.1, 0.15) is 30.7 Å². The third-order valence-corrected chi connectivity index (χ3v) is 11.9. The molecule has 0 heterocycles. The molecule has 0 aromatic heterocycles. The number of carboxylic acid groups (broad SMARTS) is 1. The minimum atomic E-state index is -1.68. The third-order valence-electron chi connectivity index (χ3n) is 11.9. The van der Waals surface area contributed by atoms with Crippen molar-refractivity contribution in [2.45, 2.75) is 24.2 Å². The summed E-state index contributed by atoms with van der Waals surface area (Å²) in [5.41, 5.74) is 5.08. The summed E-state index contributed by atoms with van der Waals surface area (Å²) in [6, 6.07) is -6.59. The Bertz CT molecular complexity index is 3170. The molecule has 4 atom stereocenters. The van der Waals surface area contributed by atoms with Gasteiger partial charge in [0.25, 0.3) is 0 Å². The lowest BCUT2D eigenvalue weighted by Gasteiger charge is -2.17. The maximum Gasteiger partial charge on any atom is 0.322 e. The zero-order valence-electron chi connectivity index (χ0n) is 55.4. The predicted octanol–water partition coefficient (Wildman–Crippen LogP) is -23.9. The number of hydrogen-bond donors (Lipinski definition) is 29. The number of nitrogens with two attached hydrogens (primary N) is 1. The molecule has 53 nitrogen and oxygen atoms in total. The van der Waals surface area contributed by atoms with Crippen LogP contribution in [0.2, 0.25) is 0 Å². The zero-order chi connectivity index (χ0) is 79.4. The van der Waals surface area contributed by atoms with E-state index in [-0.39, 0.29) is 6.54 Å². The molecule has 0 aromatic carbocycles. The largest absolute Gasteiger partial charge is 0.480 e. The number of carbonyl (C=O) groups excluding carboxylic acids is 23. The maximum absolute atomic E-state index is 12.5. The Kier molecular flexibility index (Phi) is 46.5. The van der Waals surface area contributed by atoms with Gasteiger partial charge in [0, 0.05) is 0 Å². The van der Waals surface area contributed by atoms with Gasteiger partial charge in [-0.2, -0.15) is 0 Å². The van der Waals surface area contributed by atoms with Crippen molar-refractivity contribution in [3.63, 3.8) is 0 Å². The standard InChI is InChI=1S/C52H82N24O29/c53-1-29(81)54-2-30(82)55-7-35(87)64-16-44(96)73-25(21-77)49(102)69-12-40(92)60-3-31(83)56-8-36(88)65-17-45(97)74-26(22-78)50(103)70-13-41(93)61-4-32(84)57-9-37(89)66-18-46(98)75-27(23-79)51(104)71-14-42(94)62-5-33(85)58-10-38(90)67-19-47(99)76-28(24-80)52(105)72-15-43(95)63-6-34(86)59-11-39(91)68-20-48(100)101/h25-28,77-80H,1-24,53H2,(H,54,81)(H,55,82)(H,56,83)(H,57,84)(H,58,85)(H,59,86)(H,60,92)(H,61,93)(H,62,94)(H,63,95)(H,64,87)(H,65,88)(H,66,89)(H,67,90)(H,68,91)(H,69,102)(H,70,103)(H,71,104)(H,72,105)(H,73,96)(H,74,97)(H,75,98)(H,76,99)(H,100,101)/t25-,26-,27-,28-/m0/s1. The van der Waals surface area contributed by atoms with Crippen molar-refractivity contribution in [3.05, 3.63) is 0 Å². The minimum Gasteiger partial charge on any atom is -0.480 e. The van der Waals surface area contributed by atoms with E-state index in [1.165, 1.54) is 0 Å². The molecule has 0 radical (unpaired) electrons. The van der Waals surface area contributed by atoms with E-state index in [2.05, 4.69) is 112 Å². The number of carbonyl (C=O) groups is 24. The number of aliphatic hydroxyl groups is 4. The van der Waals surface area contributed by atoms with Crippen molar-refractivity contribution in [2.24, 2.45) is 5.73 Å². The summed E-state index contributed by atoms with van der Waals surface area (Å²) in [6.45, 7) is -18.1. The Labute approximate surface area is 590 Å². The first-order valence-electron chi connectivity index (χ1n) is 30.3. The van der Waals surface area contributed by atoms with E-state index in [9.17, 15) is 135 Å². The van der Waals surface area contributed by atoms with E-state index in [1.54, 1.807) is 0 Å². The van der Waals surface area contributed by atoms with Crippen molar-refractivity contribution in [1.29, 1.82) is 0 Å². The molecule has 0 rings (SSSR count). The van der Waals surface area contributed by atoms with Crippen LogP contribution in [0.4, 0.5) is 0 Å². The predicted molar refractivity (Wildman–Crippen MR) is 340 cm³/mol. The maximum atomic E-state index is 12.5. The lowest BCUT2D eigenvalue weighted by Crippen LogP contribution is -2.53. The molecule has 0 aliphatic rings. The molecule has 0 unspecified atom stereocenters. The van der Waals surface area contributed by atoms with Gasteiger partial charge in [-0.15, -0.1) is 0 Å². The molecule has 0 bridgehead atoms. The number of aliphatic carboxylic acids is 1. The lowest BCUT2D eigenvalue weighted by atomic mass is 10.3. The first-order chi connectivity index (χ1) is 49.6. The molecule has 0 aliphatic carbocycles. The third kappa shape index (κ3) is 46.9. The zero-order valence-corrected chi connectivity index (χ0v) is 55.4. The van der Waals surface area contributed by atoms with Crippen LogP contribution in [0.5, 0.6) is 0 Å². The van der Waals surface area contributed by atoms with Gasteiger partial charge < -0.3 is 154 Å². The second kappa shape index (κ2) is 53.0. The first-order valence-corrected chi connectivity index (χ1v) is 30.3. The Morgan fingerprint density at radius 3 is 0.448 bits per heavy atom. The summed E-state index contributed by atoms with van der Waals surface area (Å²) >= 11 is 0. The summed E-state index contributed by atoms with van der Waals surface area (Å²) in [4.78, 5) is 289. The molecule has 0 saturated carbocycles. The molecule has 23 amide bonds. The minimum absolute atomic E-state index is 0.367. The van der Waals surface area contributed by atoms with Gasteiger partial charge in [-0.05, 0) is 0 Å². The SMILES string of the molecule is NCC(=O)NCC(=O)NCC(=O)NCC(=O)N[C@@H](CO)C(=O)NCC(=O)NCC(=O)NCC(=O)NCC(=O)N[C@@H](CO)C(=O)NCC(=O)NCC(=O)NCC(=O)NCC(=O)N[C@@H](CO)C(=O)NCC(=O)NCC(=O)NCC(=O)NCC(=O)N[C@@H](CO)C(=O)NCC(=O)NCC(=O)NCC(=O)NCC(=O)O. The molecule has 0 fully saturated rings. The highest BCUT2D eigenvalue weighted by atomic mass is 16.4. The van der Waals surface area contributed by atoms with Crippen LogP contribution in [0.25, 0.3) is 0 Å². The monoisotopic (exact) mass is 1510 g/mol. The lowest BCUT2D eigenvalue weighted by molar-refractivity contribution is -0.138. The summed E-state index contributed by atoms with van der Waals surface area (Å²) in [7, 11) is 0. The molecule has 105 heavy (non-hydrogen) atoms. The Balaban J connectivity index is 4.46. The number of carboxylic acids is 1. The van der Waals surface area contributed by atoms with E-state index >= 15 is 0 Å². The highest BCUT2D eigenvalue weighted by Gasteiger charge is 2.26. The van der Waals surface area contributed by atoms with Crippen LogP contribution in [0, 0.1) is 0 Å². The Morgan fingerprint density at radius 2 is 0.314 bits per heavy atom. The van der Waals surface area contributed by atoms with Crippen LogP contribution in [0.15, 0.2) is 0 Å². The van der Waals surface area contributed by atoms with Crippen LogP contribution < -0.4 is 128 Å². The summed E-state index contributed by atoms with van der Waals surface area (Å²) < 4.78 is 0. The van der Waals surface area contributed by atoms with E-state index in [4.69, 9.17) is 10.8 Å². The van der Waals surface area contributed by atoms with E-state index in [0.29, 0.717) is 0 Å². The topological polar surface area (TPSA) is 814 Å². The van der Waals surface area contributed by atoms with Crippen molar-refractivity contribution in [1.82, 2.24) is 122 Å². The van der Waals surface area contributed by atoms with Gasteiger partial charge >= 0.3 is 5.97 Å². The van der Waals surface area contributed by atoms with Gasteiger partial charge in [0.05, 0.1) is 151 Å². The average Bonchev–Trinajstić information content (AvgIpc) is 1.02. The van der Waals surface area contributed by atoms with Crippen molar-refractivity contribution >= 4 is 142 Å². The first kappa shape index (κ1) is 92.1. The number of aliphatic hydroxyl groups excluding tert-OH is 4. The van der Waals surface area contributed by atoms with Crippen LogP contribution in [0.3, 0.4) is 0 Å². The van der Waals surface area contributed by atoms with Crippen molar-refractivity contribution in [2.75, 3.05) is 157 Å². The molecular formula is C52H82N24O29. The number of rotatable bonds is 51. The Hall–Kier alpha value is -12.9. The second-order valence-corrected chi connectivity index (χ2v) is 20.3. The van der Waals surface area contributed by atoms with Gasteiger partial charge in [-0.3, -0.25) is 115 Å². The van der Waals surface area contributed by atoms with Crippen molar-refractivity contribution < 1.29 is 141 Å². The molecule has 0 saturated heterocycles. The Morgan fingerprint density at radius 1 is 0.190 bits per heavy atom. The fourth-order valence-electron chi connectivity index (χ4n) is 6.55. The molecule has 30 N–H and O–H groups in total. The smallest absolute Gasteiger partial charge is 0.322 e. The molecule has 0 spiro atoms. The molecule has 53 heteroatoms. The molecule has 0 aliphatic heterocycles. The highest BCUT2D eigenvalue weighted by Crippen LogP contribution is 1.89. The number of hydrogen-bond acceptors (Lipinski definition) is 29. The van der Waals surface area contributed by atoms with E-state index in [0.717, 1.165) is 0 Å². The molecular weight excluding hydrogens is 1420 g/mol. The summed E-state index contributed by atoms with van der Waals surface area (Å²) in [5, 5.41) is 94.7. The molecule has 0 aromatic rings. The summed E-state index contributed by atoms with van der Waals surface area (Å²) in [5.74, 6) is -23.2. The summed E-state index contributed by atoms with van der Waals surface area (Å²) in [6.07, 6.45) is 0. The highest BCUT2D eigenvalue weighted by molar-refractivity contribution is 5.99. The van der Waals surface area contributed by atoms with Gasteiger partial charge in [0.15, 0.2) is 0 Å². The number of nitrogens with one attached hydrogen (secondary N) is 23. The van der Waals surface area contributed by atoms with Gasteiger partial charge in [-0.25, -0.2) is 0 Å².